The molecule has 2 aliphatic rings. The van der Waals surface area contributed by atoms with Crippen LogP contribution in [0.15, 0.2) is 72.8 Å². The van der Waals surface area contributed by atoms with Crippen LogP contribution in [0.5, 0.6) is 11.5 Å². The molecule has 2 heterocycles. The van der Waals surface area contributed by atoms with E-state index in [1.54, 1.807) is 17.2 Å². The predicted octanol–water partition coefficient (Wildman–Crippen LogP) is 3.24. The molecular formula is C26H22N2O7. The van der Waals surface area contributed by atoms with Crippen LogP contribution in [0.4, 0.5) is 11.4 Å². The molecule has 2 saturated heterocycles. The molecule has 9 heteroatoms. The first kappa shape index (κ1) is 22.4. The molecular weight excluding hydrogens is 452 g/mol. The number of para-hydroxylation sites is 1. The van der Waals surface area contributed by atoms with E-state index in [2.05, 4.69) is 0 Å². The minimum absolute atomic E-state index is 0.0425. The standard InChI is InChI=1S/C26H22N2O7/c1-33-20-14-16(10-13-19(20)29)22-21-23(35-28(22)18-6-4-3-5-7-18)25(31)27(24(21)30)17-11-8-15(9-12-17)26(32)34-2/h3-14,21-23,29H,1-2H3/t21-,22+,23+/m0/s1. The van der Waals surface area contributed by atoms with Gasteiger partial charge in [0, 0.05) is 0 Å². The van der Waals surface area contributed by atoms with Crippen LogP contribution in [-0.4, -0.2) is 43.2 Å². The summed E-state index contributed by atoms with van der Waals surface area (Å²) >= 11 is 0. The van der Waals surface area contributed by atoms with Crippen molar-refractivity contribution in [2.45, 2.75) is 12.1 Å². The molecule has 0 bridgehead atoms. The summed E-state index contributed by atoms with van der Waals surface area (Å²) in [6.07, 6.45) is -1.05. The number of phenolic OH excluding ortho intramolecular Hbond substituents is 1. The molecule has 0 radical (unpaired) electrons. The average Bonchev–Trinajstić information content (AvgIpc) is 3.40. The molecule has 3 aromatic rings. The maximum Gasteiger partial charge on any atom is 0.337 e. The molecule has 0 unspecified atom stereocenters. The van der Waals surface area contributed by atoms with E-state index in [1.807, 2.05) is 30.3 Å². The number of esters is 1. The molecule has 0 spiro atoms. The molecule has 0 aromatic heterocycles. The zero-order chi connectivity index (χ0) is 24.7. The van der Waals surface area contributed by atoms with E-state index in [0.29, 0.717) is 22.5 Å². The summed E-state index contributed by atoms with van der Waals surface area (Å²) in [4.78, 5) is 46.0. The number of carbonyl (C=O) groups is 3. The number of phenols is 1. The Kier molecular flexibility index (Phi) is 5.62. The summed E-state index contributed by atoms with van der Waals surface area (Å²) < 4.78 is 9.97. The molecule has 3 atom stereocenters. The van der Waals surface area contributed by atoms with Crippen LogP contribution in [-0.2, 0) is 19.2 Å². The lowest BCUT2D eigenvalue weighted by Crippen LogP contribution is -2.37. The number of aromatic hydroxyl groups is 1. The highest BCUT2D eigenvalue weighted by molar-refractivity contribution is 6.24. The molecule has 2 fully saturated rings. The Labute approximate surface area is 201 Å². The van der Waals surface area contributed by atoms with Crippen LogP contribution in [0.25, 0.3) is 0 Å². The maximum atomic E-state index is 13.7. The number of ether oxygens (including phenoxy) is 2. The van der Waals surface area contributed by atoms with Crippen molar-refractivity contribution in [1.82, 2.24) is 0 Å². The highest BCUT2D eigenvalue weighted by Gasteiger charge is 2.60. The molecule has 3 aromatic carbocycles. The van der Waals surface area contributed by atoms with Crippen molar-refractivity contribution in [2.24, 2.45) is 5.92 Å². The van der Waals surface area contributed by atoms with Crippen LogP contribution >= 0.6 is 0 Å². The fourth-order valence-corrected chi connectivity index (χ4v) is 4.55. The Morgan fingerprint density at radius 3 is 2.29 bits per heavy atom. The zero-order valence-corrected chi connectivity index (χ0v) is 19.0. The van der Waals surface area contributed by atoms with Gasteiger partial charge in [-0.15, -0.1) is 0 Å². The number of nitrogens with zero attached hydrogens (tertiary/aromatic N) is 2. The molecule has 0 aliphatic carbocycles. The van der Waals surface area contributed by atoms with Crippen molar-refractivity contribution >= 4 is 29.2 Å². The van der Waals surface area contributed by atoms with Crippen molar-refractivity contribution in [3.8, 4) is 11.5 Å². The predicted molar refractivity (Wildman–Crippen MR) is 125 cm³/mol. The summed E-state index contributed by atoms with van der Waals surface area (Å²) in [5.74, 6) is -2.10. The Morgan fingerprint density at radius 1 is 0.914 bits per heavy atom. The van der Waals surface area contributed by atoms with Gasteiger partial charge in [0.2, 0.25) is 5.91 Å². The monoisotopic (exact) mass is 474 g/mol. The molecule has 1 N–H and O–H groups in total. The highest BCUT2D eigenvalue weighted by Crippen LogP contribution is 2.48. The molecule has 35 heavy (non-hydrogen) atoms. The number of carbonyl (C=O) groups excluding carboxylic acids is 3. The van der Waals surface area contributed by atoms with Gasteiger partial charge in [-0.2, -0.15) is 0 Å². The second-order valence-corrected chi connectivity index (χ2v) is 8.14. The summed E-state index contributed by atoms with van der Waals surface area (Å²) in [5, 5.41) is 11.6. The first-order valence-corrected chi connectivity index (χ1v) is 10.9. The van der Waals surface area contributed by atoms with Crippen molar-refractivity contribution in [3.63, 3.8) is 0 Å². The van der Waals surface area contributed by atoms with Gasteiger partial charge in [0.1, 0.15) is 5.92 Å². The molecule has 0 saturated carbocycles. The Morgan fingerprint density at radius 2 is 1.63 bits per heavy atom. The van der Waals surface area contributed by atoms with Gasteiger partial charge in [-0.05, 0) is 54.1 Å². The SMILES string of the molecule is COC(=O)c1ccc(N2C(=O)[C@H]3[C@@H](c4ccc(O)c(OC)c4)N(c4ccccc4)O[C@H]3C2=O)cc1. The third kappa shape index (κ3) is 3.66. The number of anilines is 2. The molecule has 2 aliphatic heterocycles. The van der Waals surface area contributed by atoms with Crippen molar-refractivity contribution in [3.05, 3.63) is 83.9 Å². The fourth-order valence-electron chi connectivity index (χ4n) is 4.55. The second kappa shape index (κ2) is 8.77. The fraction of sp³-hybridized carbons (Fsp3) is 0.192. The Hall–Kier alpha value is -4.37. The number of hydroxylamine groups is 1. The third-order valence-electron chi connectivity index (χ3n) is 6.22. The van der Waals surface area contributed by atoms with E-state index < -0.39 is 35.8 Å². The molecule has 178 valence electrons. The minimum Gasteiger partial charge on any atom is -0.504 e. The maximum absolute atomic E-state index is 13.7. The number of methoxy groups -OCH3 is 2. The van der Waals surface area contributed by atoms with Gasteiger partial charge >= 0.3 is 5.97 Å². The lowest BCUT2D eigenvalue weighted by molar-refractivity contribution is -0.126. The lowest BCUT2D eigenvalue weighted by Gasteiger charge is -2.29. The zero-order valence-electron chi connectivity index (χ0n) is 19.0. The first-order valence-electron chi connectivity index (χ1n) is 10.9. The number of benzene rings is 3. The van der Waals surface area contributed by atoms with Crippen molar-refractivity contribution < 1.29 is 33.8 Å². The van der Waals surface area contributed by atoms with E-state index in [4.69, 9.17) is 14.3 Å². The van der Waals surface area contributed by atoms with Gasteiger partial charge < -0.3 is 14.6 Å². The summed E-state index contributed by atoms with van der Waals surface area (Å²) in [7, 11) is 2.71. The number of amides is 2. The number of rotatable bonds is 5. The number of fused-ring (bicyclic) bond motifs is 1. The summed E-state index contributed by atoms with van der Waals surface area (Å²) in [6.45, 7) is 0. The Bertz CT molecular complexity index is 1290. The van der Waals surface area contributed by atoms with E-state index in [0.717, 1.165) is 4.90 Å². The van der Waals surface area contributed by atoms with Crippen LogP contribution in [0, 0.1) is 5.92 Å². The first-order chi connectivity index (χ1) is 16.9. The summed E-state index contributed by atoms with van der Waals surface area (Å²) in [6, 6.07) is 19.3. The van der Waals surface area contributed by atoms with E-state index in [-0.39, 0.29) is 11.5 Å². The Balaban J connectivity index is 1.55. The van der Waals surface area contributed by atoms with E-state index >= 15 is 0 Å². The van der Waals surface area contributed by atoms with Crippen LogP contribution in [0.1, 0.15) is 22.0 Å². The average molecular weight is 474 g/mol. The van der Waals surface area contributed by atoms with Gasteiger partial charge in [-0.3, -0.25) is 14.4 Å². The minimum atomic E-state index is -1.05. The number of hydrogen-bond donors (Lipinski definition) is 1. The quantitative estimate of drug-likeness (QED) is 0.444. The van der Waals surface area contributed by atoms with E-state index in [9.17, 15) is 19.5 Å². The molecule has 9 nitrogen and oxygen atoms in total. The van der Waals surface area contributed by atoms with Gasteiger partial charge in [0.05, 0.1) is 37.2 Å². The highest BCUT2D eigenvalue weighted by atomic mass is 16.7. The number of hydrogen-bond acceptors (Lipinski definition) is 8. The van der Waals surface area contributed by atoms with Gasteiger partial charge in [-0.1, -0.05) is 24.3 Å². The normalized spacial score (nSPS) is 21.3. The van der Waals surface area contributed by atoms with Crippen molar-refractivity contribution in [2.75, 3.05) is 24.2 Å². The number of imide groups is 1. The topological polar surface area (TPSA) is 106 Å². The van der Waals surface area contributed by atoms with Crippen LogP contribution in [0.2, 0.25) is 0 Å². The molecule has 5 rings (SSSR count). The van der Waals surface area contributed by atoms with Gasteiger partial charge in [-0.25, -0.2) is 14.8 Å². The van der Waals surface area contributed by atoms with Crippen molar-refractivity contribution in [1.29, 1.82) is 0 Å². The van der Waals surface area contributed by atoms with Gasteiger partial charge in [0.15, 0.2) is 17.6 Å². The van der Waals surface area contributed by atoms with Crippen LogP contribution in [0.3, 0.4) is 0 Å². The molecule has 2 amide bonds. The second-order valence-electron chi connectivity index (χ2n) is 8.14. The summed E-state index contributed by atoms with van der Waals surface area (Å²) in [5.41, 5.74) is 1.95. The smallest absolute Gasteiger partial charge is 0.337 e. The third-order valence-corrected chi connectivity index (χ3v) is 6.22. The largest absolute Gasteiger partial charge is 0.504 e. The van der Waals surface area contributed by atoms with Crippen LogP contribution < -0.4 is 14.7 Å². The lowest BCUT2D eigenvalue weighted by atomic mass is 9.90. The van der Waals surface area contributed by atoms with Gasteiger partial charge in [0.25, 0.3) is 5.91 Å². The van der Waals surface area contributed by atoms with E-state index in [1.165, 1.54) is 44.6 Å².